The quantitative estimate of drug-likeness (QED) is 0.367. The standard InChI is InChI=1S/C33H42N6O/c1-20(2)39-18-22(4)31-27(32(40)35-17-28-21(3)13-23(5)37-24(28)6)14-26(15-29(31)39)25-9-10-30(34-16-25)38-12-11-36-33(7,8)19-38/h9-10,13-16,18,20,36-37H,6,11-12,17,19H2,1-5,7-8H3,(H,35,40). The lowest BCUT2D eigenvalue weighted by Gasteiger charge is -2.39. The van der Waals surface area contributed by atoms with E-state index >= 15 is 0 Å². The monoisotopic (exact) mass is 538 g/mol. The van der Waals surface area contributed by atoms with Gasteiger partial charge in [-0.2, -0.15) is 0 Å². The van der Waals surface area contributed by atoms with E-state index in [4.69, 9.17) is 4.98 Å². The minimum atomic E-state index is -0.0940. The molecule has 4 heterocycles. The van der Waals surface area contributed by atoms with E-state index in [1.54, 1.807) is 0 Å². The number of allylic oxidation sites excluding steroid dienone is 3. The summed E-state index contributed by atoms with van der Waals surface area (Å²) in [6, 6.07) is 8.69. The van der Waals surface area contributed by atoms with Gasteiger partial charge in [-0.3, -0.25) is 4.79 Å². The zero-order valence-electron chi connectivity index (χ0n) is 24.9. The lowest BCUT2D eigenvalue weighted by Crippen LogP contribution is -2.57. The van der Waals surface area contributed by atoms with Crippen LogP contribution in [-0.2, 0) is 0 Å². The van der Waals surface area contributed by atoms with Gasteiger partial charge in [-0.1, -0.05) is 6.58 Å². The fourth-order valence-electron chi connectivity index (χ4n) is 5.95. The Morgan fingerprint density at radius 2 is 1.95 bits per heavy atom. The first-order valence-electron chi connectivity index (χ1n) is 14.2. The molecule has 0 radical (unpaired) electrons. The van der Waals surface area contributed by atoms with Crippen LogP contribution in [0.2, 0.25) is 0 Å². The van der Waals surface area contributed by atoms with Crippen LogP contribution in [0.25, 0.3) is 22.0 Å². The number of nitrogens with one attached hydrogen (secondary N) is 3. The Bertz CT molecular complexity index is 1540. The molecule has 0 bridgehead atoms. The third-order valence-electron chi connectivity index (χ3n) is 7.95. The van der Waals surface area contributed by atoms with Crippen molar-refractivity contribution >= 4 is 22.6 Å². The summed E-state index contributed by atoms with van der Waals surface area (Å²) in [6.07, 6.45) is 6.17. The lowest BCUT2D eigenvalue weighted by molar-refractivity contribution is 0.0958. The maximum Gasteiger partial charge on any atom is 0.252 e. The smallest absolute Gasteiger partial charge is 0.252 e. The maximum atomic E-state index is 13.8. The van der Waals surface area contributed by atoms with Crippen LogP contribution >= 0.6 is 0 Å². The summed E-state index contributed by atoms with van der Waals surface area (Å²) < 4.78 is 2.25. The number of amides is 1. The highest BCUT2D eigenvalue weighted by Crippen LogP contribution is 2.33. The van der Waals surface area contributed by atoms with Gasteiger partial charge in [0.15, 0.2) is 0 Å². The summed E-state index contributed by atoms with van der Waals surface area (Å²) >= 11 is 0. The van der Waals surface area contributed by atoms with Gasteiger partial charge in [0.1, 0.15) is 5.82 Å². The Balaban J connectivity index is 1.50. The number of pyridine rings is 1. The molecule has 3 aromatic rings. The van der Waals surface area contributed by atoms with Gasteiger partial charge < -0.3 is 25.4 Å². The Morgan fingerprint density at radius 1 is 1.18 bits per heavy atom. The molecule has 0 unspecified atom stereocenters. The van der Waals surface area contributed by atoms with E-state index in [0.29, 0.717) is 12.1 Å². The van der Waals surface area contributed by atoms with Crippen LogP contribution in [0.15, 0.2) is 71.9 Å². The molecule has 0 aliphatic carbocycles. The zero-order valence-corrected chi connectivity index (χ0v) is 24.9. The molecular weight excluding hydrogens is 496 g/mol. The van der Waals surface area contributed by atoms with Gasteiger partial charge in [0.25, 0.3) is 5.91 Å². The molecule has 7 heteroatoms. The average molecular weight is 539 g/mol. The number of carbonyl (C=O) groups excluding carboxylic acids is 1. The normalized spacial score (nSPS) is 17.4. The first-order chi connectivity index (χ1) is 18.9. The van der Waals surface area contributed by atoms with Gasteiger partial charge >= 0.3 is 0 Å². The summed E-state index contributed by atoms with van der Waals surface area (Å²) in [5, 5.41) is 11.0. The van der Waals surface area contributed by atoms with Crippen molar-refractivity contribution in [3.63, 3.8) is 0 Å². The molecule has 2 aliphatic rings. The van der Waals surface area contributed by atoms with E-state index in [1.165, 1.54) is 0 Å². The molecule has 0 saturated carbocycles. The molecule has 1 fully saturated rings. The van der Waals surface area contributed by atoms with Crippen molar-refractivity contribution in [1.82, 2.24) is 25.5 Å². The fraction of sp³-hybridized carbons (Fsp3) is 0.394. The van der Waals surface area contributed by atoms with Crippen LogP contribution in [0.4, 0.5) is 5.82 Å². The van der Waals surface area contributed by atoms with Crippen molar-refractivity contribution in [1.29, 1.82) is 0 Å². The largest absolute Gasteiger partial charge is 0.359 e. The van der Waals surface area contributed by atoms with Crippen molar-refractivity contribution in [3.05, 3.63) is 83.0 Å². The summed E-state index contributed by atoms with van der Waals surface area (Å²) in [5.74, 6) is 0.886. The highest BCUT2D eigenvalue weighted by atomic mass is 16.1. The molecule has 0 spiro atoms. The molecule has 1 aromatic carbocycles. The molecule has 5 rings (SSSR count). The molecule has 210 valence electrons. The van der Waals surface area contributed by atoms with E-state index in [-0.39, 0.29) is 17.5 Å². The van der Waals surface area contributed by atoms with Crippen LogP contribution < -0.4 is 20.9 Å². The highest BCUT2D eigenvalue weighted by Gasteiger charge is 2.26. The minimum Gasteiger partial charge on any atom is -0.359 e. The Morgan fingerprint density at radius 3 is 2.60 bits per heavy atom. The summed E-state index contributed by atoms with van der Waals surface area (Å²) in [6.45, 7) is 22.3. The molecular formula is C33H42N6O. The van der Waals surface area contributed by atoms with Crippen molar-refractivity contribution < 1.29 is 4.79 Å². The van der Waals surface area contributed by atoms with Crippen LogP contribution in [-0.4, -0.2) is 47.2 Å². The SMILES string of the molecule is C=C1NC(C)=CC(C)=C1CNC(=O)c1cc(-c2ccc(N3CCNC(C)(C)C3)nc2)cc2c1c(C)cn2C(C)C. The topological polar surface area (TPSA) is 74.2 Å². The Kier molecular flexibility index (Phi) is 7.36. The van der Waals surface area contributed by atoms with Gasteiger partial charge in [-0.15, -0.1) is 0 Å². The highest BCUT2D eigenvalue weighted by molar-refractivity contribution is 6.09. The first-order valence-corrected chi connectivity index (χ1v) is 14.2. The number of anilines is 1. The Labute approximate surface area is 238 Å². The molecule has 40 heavy (non-hydrogen) atoms. The third kappa shape index (κ3) is 5.43. The fourth-order valence-corrected chi connectivity index (χ4v) is 5.95. The van der Waals surface area contributed by atoms with Crippen molar-refractivity contribution in [2.45, 2.75) is 60.0 Å². The molecule has 0 atom stereocenters. The predicted octanol–water partition coefficient (Wildman–Crippen LogP) is 5.85. The third-order valence-corrected chi connectivity index (χ3v) is 7.95. The number of nitrogens with zero attached hydrogens (tertiary/aromatic N) is 3. The second-order valence-corrected chi connectivity index (χ2v) is 12.1. The number of fused-ring (bicyclic) bond motifs is 1. The number of hydrogen-bond donors (Lipinski definition) is 3. The number of rotatable bonds is 6. The van der Waals surface area contributed by atoms with Gasteiger partial charge in [-0.05, 0) is 101 Å². The van der Waals surface area contributed by atoms with E-state index in [1.807, 2.05) is 19.2 Å². The van der Waals surface area contributed by atoms with Crippen molar-refractivity contribution in [2.24, 2.45) is 0 Å². The number of aromatic nitrogens is 2. The molecule has 2 aliphatic heterocycles. The summed E-state index contributed by atoms with van der Waals surface area (Å²) in [7, 11) is 0. The van der Waals surface area contributed by atoms with Crippen LogP contribution in [0.3, 0.4) is 0 Å². The number of hydrogen-bond acceptors (Lipinski definition) is 5. The number of carbonyl (C=O) groups is 1. The molecule has 3 N–H and O–H groups in total. The van der Waals surface area contributed by atoms with E-state index in [0.717, 1.165) is 75.6 Å². The number of dihydropyridines is 1. The number of aryl methyl sites for hydroxylation is 1. The molecule has 2 aromatic heterocycles. The first kappa shape index (κ1) is 27.7. The molecule has 1 saturated heterocycles. The van der Waals surface area contributed by atoms with Crippen LogP contribution in [0, 0.1) is 6.92 Å². The minimum absolute atomic E-state index is 0.0514. The van der Waals surface area contributed by atoms with Crippen LogP contribution in [0.5, 0.6) is 0 Å². The van der Waals surface area contributed by atoms with E-state index in [9.17, 15) is 4.79 Å². The van der Waals surface area contributed by atoms with Gasteiger partial charge in [0.05, 0.1) is 0 Å². The van der Waals surface area contributed by atoms with Crippen LogP contribution in [0.1, 0.15) is 63.5 Å². The van der Waals surface area contributed by atoms with Crippen molar-refractivity contribution in [3.8, 4) is 11.1 Å². The van der Waals surface area contributed by atoms with Gasteiger partial charge in [0, 0.05) is 83.6 Å². The number of piperazine rings is 1. The van der Waals surface area contributed by atoms with E-state index < -0.39 is 0 Å². The second kappa shape index (κ2) is 10.6. The van der Waals surface area contributed by atoms with Gasteiger partial charge in [-0.25, -0.2) is 4.98 Å². The van der Waals surface area contributed by atoms with Gasteiger partial charge in [0.2, 0.25) is 0 Å². The lowest BCUT2D eigenvalue weighted by atomic mass is 9.98. The number of benzene rings is 1. The average Bonchev–Trinajstić information content (AvgIpc) is 3.23. The summed E-state index contributed by atoms with van der Waals surface area (Å²) in [4.78, 5) is 21.0. The second-order valence-electron chi connectivity index (χ2n) is 12.1. The predicted molar refractivity (Wildman–Crippen MR) is 166 cm³/mol. The summed E-state index contributed by atoms with van der Waals surface area (Å²) in [5.41, 5.74) is 8.86. The molecule has 7 nitrogen and oxygen atoms in total. The Hall–Kier alpha value is -3.84. The molecule has 1 amide bonds. The maximum absolute atomic E-state index is 13.8. The van der Waals surface area contributed by atoms with Crippen molar-refractivity contribution in [2.75, 3.05) is 31.1 Å². The van der Waals surface area contributed by atoms with E-state index in [2.05, 4.69) is 104 Å². The zero-order chi connectivity index (χ0) is 28.8.